The van der Waals surface area contributed by atoms with Crippen molar-refractivity contribution in [2.45, 2.75) is 13.0 Å². The fraction of sp³-hybridized carbons (Fsp3) is 0.375. The van der Waals surface area contributed by atoms with E-state index in [2.05, 4.69) is 10.3 Å². The number of pyridine rings is 1. The smallest absolute Gasteiger partial charge is 0.266 e. The molecular weight excluding hydrogens is 176 g/mol. The Morgan fingerprint density at radius 1 is 1.50 bits per heavy atom. The molecule has 0 saturated carbocycles. The fourth-order valence-corrected chi connectivity index (χ4v) is 1.58. The highest BCUT2D eigenvalue weighted by Gasteiger charge is 2.10. The number of hydrogen-bond donors (Lipinski definition) is 2. The number of aromatic amines is 1. The first kappa shape index (κ1) is 7.83. The van der Waals surface area contributed by atoms with Gasteiger partial charge in [-0.1, -0.05) is 11.6 Å². The molecule has 2 heterocycles. The summed E-state index contributed by atoms with van der Waals surface area (Å²) in [6, 6.07) is 1.74. The standard InChI is InChI=1S/C8H9ClN2O/c9-6-3-5-4-10-2-1-7(5)11-8(6)12/h3,10H,1-2,4H2,(H,11,12). The van der Waals surface area contributed by atoms with Gasteiger partial charge in [0.05, 0.1) is 0 Å². The summed E-state index contributed by atoms with van der Waals surface area (Å²) in [6.45, 7) is 1.72. The topological polar surface area (TPSA) is 44.9 Å². The van der Waals surface area contributed by atoms with Crippen molar-refractivity contribution in [1.29, 1.82) is 0 Å². The van der Waals surface area contributed by atoms with Crippen LogP contribution in [-0.2, 0) is 13.0 Å². The molecule has 0 amide bonds. The summed E-state index contributed by atoms with van der Waals surface area (Å²) >= 11 is 5.67. The molecule has 0 bridgehead atoms. The number of rotatable bonds is 0. The second-order valence-corrected chi connectivity index (χ2v) is 3.28. The van der Waals surface area contributed by atoms with Gasteiger partial charge in [0.25, 0.3) is 5.56 Å². The van der Waals surface area contributed by atoms with E-state index < -0.39 is 0 Å². The summed E-state index contributed by atoms with van der Waals surface area (Å²) < 4.78 is 0. The van der Waals surface area contributed by atoms with E-state index in [1.54, 1.807) is 6.07 Å². The predicted molar refractivity (Wildman–Crippen MR) is 47.5 cm³/mol. The van der Waals surface area contributed by atoms with Gasteiger partial charge in [0.1, 0.15) is 5.02 Å². The molecule has 0 radical (unpaired) electrons. The van der Waals surface area contributed by atoms with Gasteiger partial charge in [0.15, 0.2) is 0 Å². The molecule has 2 rings (SSSR count). The van der Waals surface area contributed by atoms with Crippen LogP contribution in [-0.4, -0.2) is 11.5 Å². The molecule has 1 aromatic rings. The Labute approximate surface area is 74.8 Å². The summed E-state index contributed by atoms with van der Waals surface area (Å²) in [4.78, 5) is 13.9. The Bertz CT molecular complexity index is 359. The van der Waals surface area contributed by atoms with Crippen LogP contribution in [0.4, 0.5) is 0 Å². The predicted octanol–water partition coefficient (Wildman–Crippen LogP) is 0.674. The third-order valence-corrected chi connectivity index (χ3v) is 2.32. The van der Waals surface area contributed by atoms with Crippen LogP contribution < -0.4 is 10.9 Å². The average molecular weight is 185 g/mol. The van der Waals surface area contributed by atoms with Crippen LogP contribution in [0.1, 0.15) is 11.3 Å². The van der Waals surface area contributed by atoms with Crippen molar-refractivity contribution >= 4 is 11.6 Å². The van der Waals surface area contributed by atoms with Crippen molar-refractivity contribution in [1.82, 2.24) is 10.3 Å². The second-order valence-electron chi connectivity index (χ2n) is 2.88. The molecular formula is C8H9ClN2O. The Hall–Kier alpha value is -0.800. The van der Waals surface area contributed by atoms with E-state index in [9.17, 15) is 4.79 Å². The number of aromatic nitrogens is 1. The molecule has 0 atom stereocenters. The Balaban J connectivity index is 2.56. The second kappa shape index (κ2) is 2.92. The lowest BCUT2D eigenvalue weighted by Crippen LogP contribution is -2.27. The molecule has 1 aliphatic rings. The summed E-state index contributed by atoms with van der Waals surface area (Å²) in [6.07, 6.45) is 0.877. The lowest BCUT2D eigenvalue weighted by atomic mass is 10.1. The van der Waals surface area contributed by atoms with Gasteiger partial charge < -0.3 is 10.3 Å². The zero-order chi connectivity index (χ0) is 8.55. The molecule has 3 nitrogen and oxygen atoms in total. The van der Waals surface area contributed by atoms with Gasteiger partial charge in [-0.05, 0) is 11.6 Å². The summed E-state index contributed by atoms with van der Waals surface area (Å²) in [5, 5.41) is 3.48. The van der Waals surface area contributed by atoms with Gasteiger partial charge in [0, 0.05) is 25.2 Å². The average Bonchev–Trinajstić information content (AvgIpc) is 2.07. The van der Waals surface area contributed by atoms with Crippen LogP contribution in [0.25, 0.3) is 0 Å². The molecule has 0 spiro atoms. The number of halogens is 1. The largest absolute Gasteiger partial charge is 0.325 e. The lowest BCUT2D eigenvalue weighted by molar-refractivity contribution is 0.628. The first-order valence-electron chi connectivity index (χ1n) is 3.88. The fourth-order valence-electron chi connectivity index (χ4n) is 1.40. The van der Waals surface area contributed by atoms with E-state index in [0.717, 1.165) is 30.8 Å². The third-order valence-electron chi connectivity index (χ3n) is 2.04. The van der Waals surface area contributed by atoms with Crippen LogP contribution in [0.2, 0.25) is 5.02 Å². The summed E-state index contributed by atoms with van der Waals surface area (Å²) in [5.74, 6) is 0. The molecule has 12 heavy (non-hydrogen) atoms. The summed E-state index contributed by atoms with van der Waals surface area (Å²) in [5.41, 5.74) is 1.94. The van der Waals surface area contributed by atoms with Gasteiger partial charge in [-0.25, -0.2) is 0 Å². The van der Waals surface area contributed by atoms with E-state index in [0.29, 0.717) is 0 Å². The normalized spacial score (nSPS) is 15.8. The van der Waals surface area contributed by atoms with E-state index in [1.165, 1.54) is 0 Å². The Morgan fingerprint density at radius 3 is 3.17 bits per heavy atom. The highest BCUT2D eigenvalue weighted by atomic mass is 35.5. The van der Waals surface area contributed by atoms with Gasteiger partial charge in [0.2, 0.25) is 0 Å². The molecule has 0 aromatic carbocycles. The number of H-pyrrole nitrogens is 1. The molecule has 64 valence electrons. The van der Waals surface area contributed by atoms with Crippen LogP contribution in [0, 0.1) is 0 Å². The third kappa shape index (κ3) is 1.26. The van der Waals surface area contributed by atoms with Crippen LogP contribution in [0.3, 0.4) is 0 Å². The van der Waals surface area contributed by atoms with Crippen molar-refractivity contribution in [3.63, 3.8) is 0 Å². The minimum atomic E-state index is -0.183. The lowest BCUT2D eigenvalue weighted by Gasteiger charge is -2.15. The van der Waals surface area contributed by atoms with Crippen molar-refractivity contribution < 1.29 is 0 Å². The maximum Gasteiger partial charge on any atom is 0.266 e. The number of hydrogen-bond acceptors (Lipinski definition) is 2. The quantitative estimate of drug-likeness (QED) is 0.623. The summed E-state index contributed by atoms with van der Waals surface area (Å²) in [7, 11) is 0. The minimum absolute atomic E-state index is 0.183. The Morgan fingerprint density at radius 2 is 2.33 bits per heavy atom. The number of fused-ring (bicyclic) bond motifs is 1. The van der Waals surface area contributed by atoms with Gasteiger partial charge in [-0.15, -0.1) is 0 Å². The minimum Gasteiger partial charge on any atom is -0.325 e. The maximum atomic E-state index is 11.1. The van der Waals surface area contributed by atoms with Crippen LogP contribution in [0.5, 0.6) is 0 Å². The highest BCUT2D eigenvalue weighted by molar-refractivity contribution is 6.30. The Kier molecular flexibility index (Phi) is 1.90. The van der Waals surface area contributed by atoms with Gasteiger partial charge in [-0.2, -0.15) is 0 Å². The molecule has 2 N–H and O–H groups in total. The molecule has 4 heteroatoms. The first-order valence-corrected chi connectivity index (χ1v) is 4.26. The molecule has 0 fully saturated rings. The van der Waals surface area contributed by atoms with Gasteiger partial charge in [-0.3, -0.25) is 4.79 Å². The zero-order valence-electron chi connectivity index (χ0n) is 6.48. The van der Waals surface area contributed by atoms with E-state index in [1.807, 2.05) is 0 Å². The van der Waals surface area contributed by atoms with Crippen molar-refractivity contribution in [2.24, 2.45) is 0 Å². The molecule has 1 aliphatic heterocycles. The monoisotopic (exact) mass is 184 g/mol. The zero-order valence-corrected chi connectivity index (χ0v) is 7.24. The number of nitrogens with one attached hydrogen (secondary N) is 2. The SMILES string of the molecule is O=c1[nH]c2c(cc1Cl)CNCC2. The molecule has 0 unspecified atom stereocenters. The van der Waals surface area contributed by atoms with Crippen molar-refractivity contribution in [2.75, 3.05) is 6.54 Å². The van der Waals surface area contributed by atoms with E-state index >= 15 is 0 Å². The first-order chi connectivity index (χ1) is 5.77. The van der Waals surface area contributed by atoms with Crippen molar-refractivity contribution in [3.05, 3.63) is 32.7 Å². The molecule has 0 aliphatic carbocycles. The molecule has 1 aromatic heterocycles. The van der Waals surface area contributed by atoms with Crippen molar-refractivity contribution in [3.8, 4) is 0 Å². The maximum absolute atomic E-state index is 11.1. The van der Waals surface area contributed by atoms with Crippen LogP contribution >= 0.6 is 11.6 Å². The highest BCUT2D eigenvalue weighted by Crippen LogP contribution is 2.12. The van der Waals surface area contributed by atoms with Gasteiger partial charge >= 0.3 is 0 Å². The van der Waals surface area contributed by atoms with E-state index in [-0.39, 0.29) is 10.6 Å². The van der Waals surface area contributed by atoms with Crippen LogP contribution in [0.15, 0.2) is 10.9 Å². The van der Waals surface area contributed by atoms with E-state index in [4.69, 9.17) is 11.6 Å². The molecule has 0 saturated heterocycles.